The third kappa shape index (κ3) is 2.74. The van der Waals surface area contributed by atoms with Crippen LogP contribution in [0.3, 0.4) is 0 Å². The van der Waals surface area contributed by atoms with Gasteiger partial charge in [0.05, 0.1) is 5.69 Å². The Bertz CT molecular complexity index is 1260. The largest absolute Gasteiger partial charge is 0.341 e. The molecule has 1 atom stereocenters. The number of aryl methyl sites for hydroxylation is 1. The lowest BCUT2D eigenvalue weighted by Gasteiger charge is -2.29. The molecule has 3 aromatic rings. The van der Waals surface area contributed by atoms with Crippen molar-refractivity contribution in [3.8, 4) is 0 Å². The van der Waals surface area contributed by atoms with E-state index in [0.29, 0.717) is 28.8 Å². The predicted molar refractivity (Wildman–Crippen MR) is 109 cm³/mol. The van der Waals surface area contributed by atoms with E-state index in [0.717, 1.165) is 10.9 Å². The molecule has 150 valence electrons. The third-order valence-electron chi connectivity index (χ3n) is 5.97. The number of carbonyl (C=O) groups excluding carboxylic acids is 4. The van der Waals surface area contributed by atoms with Gasteiger partial charge in [-0.05, 0) is 36.2 Å². The predicted octanol–water partition coefficient (Wildman–Crippen LogP) is 2.17. The first-order valence-corrected chi connectivity index (χ1v) is 9.81. The molecule has 0 radical (unpaired) electrons. The molecule has 7 heteroatoms. The van der Waals surface area contributed by atoms with Gasteiger partial charge in [-0.3, -0.25) is 24.5 Å². The summed E-state index contributed by atoms with van der Waals surface area (Å²) >= 11 is 0. The molecule has 1 fully saturated rings. The number of benzene rings is 2. The van der Waals surface area contributed by atoms with Crippen molar-refractivity contribution < 1.29 is 19.2 Å². The lowest BCUT2D eigenvalue weighted by atomic mass is 10.0. The lowest BCUT2D eigenvalue weighted by molar-refractivity contribution is -0.136. The van der Waals surface area contributed by atoms with Gasteiger partial charge in [-0.2, -0.15) is 0 Å². The SMILES string of the molecule is Cn1c(C(=O)c2ccc3c(c2)CN(C2CCC(=O)NC2=O)C3=O)cc2ccccc21. The normalized spacial score (nSPS) is 18.6. The highest BCUT2D eigenvalue weighted by atomic mass is 16.2. The number of nitrogens with one attached hydrogen (secondary N) is 1. The lowest BCUT2D eigenvalue weighted by Crippen LogP contribution is -2.52. The second-order valence-corrected chi connectivity index (χ2v) is 7.75. The minimum absolute atomic E-state index is 0.122. The van der Waals surface area contributed by atoms with Gasteiger partial charge in [0, 0.05) is 42.0 Å². The molecular weight excluding hydrogens is 382 g/mol. The summed E-state index contributed by atoms with van der Waals surface area (Å²) in [6, 6.07) is 14.0. The van der Waals surface area contributed by atoms with E-state index in [4.69, 9.17) is 0 Å². The van der Waals surface area contributed by atoms with Crippen molar-refractivity contribution in [2.75, 3.05) is 0 Å². The number of nitrogens with zero attached hydrogens (tertiary/aromatic N) is 2. The number of aromatic nitrogens is 1. The summed E-state index contributed by atoms with van der Waals surface area (Å²) < 4.78 is 1.87. The number of hydrogen-bond donors (Lipinski definition) is 1. The maximum atomic E-state index is 13.2. The molecule has 2 aromatic carbocycles. The van der Waals surface area contributed by atoms with Gasteiger partial charge in [0.1, 0.15) is 6.04 Å². The van der Waals surface area contributed by atoms with Crippen LogP contribution in [0.2, 0.25) is 0 Å². The van der Waals surface area contributed by atoms with E-state index in [1.165, 1.54) is 4.90 Å². The van der Waals surface area contributed by atoms with Crippen LogP contribution < -0.4 is 5.32 Å². The van der Waals surface area contributed by atoms with E-state index in [1.807, 2.05) is 41.9 Å². The van der Waals surface area contributed by atoms with Crippen LogP contribution in [0.5, 0.6) is 0 Å². The number of carbonyl (C=O) groups is 4. The molecule has 3 amide bonds. The van der Waals surface area contributed by atoms with Crippen molar-refractivity contribution in [2.24, 2.45) is 7.05 Å². The first kappa shape index (κ1) is 18.3. The first-order valence-electron chi connectivity index (χ1n) is 9.81. The van der Waals surface area contributed by atoms with Crippen LogP contribution in [0.25, 0.3) is 10.9 Å². The molecule has 1 unspecified atom stereocenters. The van der Waals surface area contributed by atoms with Crippen molar-refractivity contribution >= 4 is 34.4 Å². The summed E-state index contributed by atoms with van der Waals surface area (Å²) in [5.41, 5.74) is 3.25. The minimum Gasteiger partial charge on any atom is -0.341 e. The summed E-state index contributed by atoms with van der Waals surface area (Å²) in [5.74, 6) is -1.13. The highest BCUT2D eigenvalue weighted by Crippen LogP contribution is 2.29. The Kier molecular flexibility index (Phi) is 4.06. The zero-order valence-electron chi connectivity index (χ0n) is 16.3. The van der Waals surface area contributed by atoms with E-state index in [9.17, 15) is 19.2 Å². The maximum Gasteiger partial charge on any atom is 0.255 e. The first-order chi connectivity index (χ1) is 14.4. The highest BCUT2D eigenvalue weighted by molar-refractivity contribution is 6.12. The topological polar surface area (TPSA) is 88.5 Å². The van der Waals surface area contributed by atoms with E-state index in [1.54, 1.807) is 18.2 Å². The van der Waals surface area contributed by atoms with Gasteiger partial charge in [0.25, 0.3) is 5.91 Å². The van der Waals surface area contributed by atoms with Crippen LogP contribution in [0.1, 0.15) is 44.8 Å². The zero-order valence-corrected chi connectivity index (χ0v) is 16.3. The molecule has 3 heterocycles. The van der Waals surface area contributed by atoms with Crippen LogP contribution in [0, 0.1) is 0 Å². The molecular formula is C23H19N3O4. The highest BCUT2D eigenvalue weighted by Gasteiger charge is 2.39. The Balaban J connectivity index is 1.45. The molecule has 0 saturated carbocycles. The molecule has 7 nitrogen and oxygen atoms in total. The summed E-state index contributed by atoms with van der Waals surface area (Å²) in [5, 5.41) is 3.28. The Morgan fingerprint density at radius 2 is 1.87 bits per heavy atom. The van der Waals surface area contributed by atoms with Crippen molar-refractivity contribution in [1.29, 1.82) is 0 Å². The van der Waals surface area contributed by atoms with Crippen LogP contribution in [-0.2, 0) is 23.2 Å². The number of fused-ring (bicyclic) bond motifs is 2. The molecule has 0 spiro atoms. The van der Waals surface area contributed by atoms with Gasteiger partial charge in [-0.15, -0.1) is 0 Å². The van der Waals surface area contributed by atoms with Gasteiger partial charge >= 0.3 is 0 Å². The van der Waals surface area contributed by atoms with Crippen LogP contribution in [0.15, 0.2) is 48.5 Å². The Hall–Kier alpha value is -3.74. The van der Waals surface area contributed by atoms with Crippen molar-refractivity contribution in [1.82, 2.24) is 14.8 Å². The number of ketones is 1. The van der Waals surface area contributed by atoms with E-state index < -0.39 is 11.9 Å². The molecule has 5 rings (SSSR count). The molecule has 1 N–H and O–H groups in total. The monoisotopic (exact) mass is 401 g/mol. The Labute approximate surface area is 172 Å². The fraction of sp³-hybridized carbons (Fsp3) is 0.217. The second kappa shape index (κ2) is 6.66. The smallest absolute Gasteiger partial charge is 0.255 e. The summed E-state index contributed by atoms with van der Waals surface area (Å²) in [4.78, 5) is 51.1. The molecule has 0 bridgehead atoms. The minimum atomic E-state index is -0.667. The van der Waals surface area contributed by atoms with E-state index in [-0.39, 0.29) is 30.6 Å². The van der Waals surface area contributed by atoms with Gasteiger partial charge < -0.3 is 9.47 Å². The summed E-state index contributed by atoms with van der Waals surface area (Å²) in [7, 11) is 1.86. The molecule has 30 heavy (non-hydrogen) atoms. The number of imide groups is 1. The molecule has 2 aliphatic heterocycles. The van der Waals surface area contributed by atoms with Crippen molar-refractivity contribution in [2.45, 2.75) is 25.4 Å². The Morgan fingerprint density at radius 1 is 1.07 bits per heavy atom. The fourth-order valence-corrected chi connectivity index (χ4v) is 4.37. The van der Waals surface area contributed by atoms with Crippen molar-refractivity contribution in [3.63, 3.8) is 0 Å². The number of rotatable bonds is 3. The van der Waals surface area contributed by atoms with Gasteiger partial charge in [0.15, 0.2) is 0 Å². The quantitative estimate of drug-likeness (QED) is 0.538. The maximum absolute atomic E-state index is 13.2. The average Bonchev–Trinajstić information content (AvgIpc) is 3.25. The average molecular weight is 401 g/mol. The van der Waals surface area contributed by atoms with E-state index >= 15 is 0 Å². The van der Waals surface area contributed by atoms with Crippen LogP contribution in [-0.4, -0.2) is 39.0 Å². The van der Waals surface area contributed by atoms with Crippen LogP contribution >= 0.6 is 0 Å². The van der Waals surface area contributed by atoms with Crippen LogP contribution in [0.4, 0.5) is 0 Å². The van der Waals surface area contributed by atoms with Gasteiger partial charge in [0.2, 0.25) is 17.6 Å². The number of amides is 3. The van der Waals surface area contributed by atoms with Gasteiger partial charge in [-0.1, -0.05) is 24.3 Å². The fourth-order valence-electron chi connectivity index (χ4n) is 4.37. The third-order valence-corrected chi connectivity index (χ3v) is 5.97. The second-order valence-electron chi connectivity index (χ2n) is 7.75. The molecule has 1 aromatic heterocycles. The summed E-state index contributed by atoms with van der Waals surface area (Å²) in [6.45, 7) is 0.247. The van der Waals surface area contributed by atoms with E-state index in [2.05, 4.69) is 5.32 Å². The molecule has 1 saturated heterocycles. The zero-order chi connectivity index (χ0) is 21.0. The summed E-state index contributed by atoms with van der Waals surface area (Å²) in [6.07, 6.45) is 0.521. The number of piperidine rings is 1. The Morgan fingerprint density at radius 3 is 2.63 bits per heavy atom. The van der Waals surface area contributed by atoms with Gasteiger partial charge in [-0.25, -0.2) is 0 Å². The van der Waals surface area contributed by atoms with Crippen molar-refractivity contribution in [3.05, 3.63) is 70.9 Å². The standard InChI is InChI=1S/C23H19N3O4/c1-25-17-5-3-2-4-13(17)11-19(25)21(28)14-6-7-16-15(10-14)12-26(23(16)30)18-8-9-20(27)24-22(18)29/h2-7,10-11,18H,8-9,12H2,1H3,(H,24,27,29). The molecule has 2 aliphatic rings. The number of hydrogen-bond acceptors (Lipinski definition) is 4. The molecule has 0 aliphatic carbocycles. The number of para-hydroxylation sites is 1.